The Labute approximate surface area is 160 Å². The van der Waals surface area contributed by atoms with Crippen molar-refractivity contribution in [2.45, 2.75) is 20.4 Å². The summed E-state index contributed by atoms with van der Waals surface area (Å²) in [7, 11) is 0. The Bertz CT molecular complexity index is 1150. The molecular formula is C20H19N5OS. The fourth-order valence-electron chi connectivity index (χ4n) is 3.22. The maximum atomic E-state index is 12.6. The van der Waals surface area contributed by atoms with Gasteiger partial charge in [0.1, 0.15) is 0 Å². The second-order valence-corrected chi connectivity index (χ2v) is 7.15. The molecule has 0 radical (unpaired) electrons. The Balaban J connectivity index is 1.59. The topological polar surface area (TPSA) is 75.6 Å². The molecule has 3 aromatic heterocycles. The number of thiazole rings is 1. The van der Waals surface area contributed by atoms with Crippen LogP contribution in [0.1, 0.15) is 21.9 Å². The van der Waals surface area contributed by atoms with E-state index >= 15 is 0 Å². The number of hydrogen-bond donors (Lipinski definition) is 2. The number of amides is 1. The lowest BCUT2D eigenvalue weighted by Crippen LogP contribution is -2.12. The van der Waals surface area contributed by atoms with Crippen LogP contribution in [0.25, 0.3) is 22.2 Å². The number of rotatable bonds is 5. The third-order valence-electron chi connectivity index (χ3n) is 4.57. The molecule has 7 heteroatoms. The molecule has 0 aliphatic carbocycles. The molecule has 0 aliphatic heterocycles. The van der Waals surface area contributed by atoms with E-state index in [1.165, 1.54) is 11.3 Å². The van der Waals surface area contributed by atoms with E-state index in [1.807, 2.05) is 35.7 Å². The summed E-state index contributed by atoms with van der Waals surface area (Å²) in [5, 5.41) is 13.2. The van der Waals surface area contributed by atoms with Crippen molar-refractivity contribution in [2.75, 3.05) is 5.32 Å². The van der Waals surface area contributed by atoms with Gasteiger partial charge in [0, 0.05) is 34.3 Å². The van der Waals surface area contributed by atoms with Crippen molar-refractivity contribution in [1.82, 2.24) is 19.7 Å². The highest BCUT2D eigenvalue weighted by molar-refractivity contribution is 7.14. The van der Waals surface area contributed by atoms with E-state index in [0.717, 1.165) is 40.1 Å². The first-order valence-electron chi connectivity index (χ1n) is 8.56. The van der Waals surface area contributed by atoms with Crippen LogP contribution in [0.5, 0.6) is 0 Å². The van der Waals surface area contributed by atoms with Gasteiger partial charge >= 0.3 is 0 Å². The highest BCUT2D eigenvalue weighted by Crippen LogP contribution is 2.30. The molecule has 1 aromatic carbocycles. The standard InChI is InChI=1S/C20H19N5OS/c1-4-9-25-12(2)10-15(13(25)3)17-11-27-20(21-17)22-19(26)18-14-7-5-6-8-16(14)23-24-18/h4-8,10-11H,1,9H2,2-3H3,(H,23,24)(H,21,22,26). The smallest absolute Gasteiger partial charge is 0.278 e. The number of nitrogens with one attached hydrogen (secondary N) is 2. The molecule has 3 heterocycles. The average Bonchev–Trinajstić information content (AvgIpc) is 3.35. The van der Waals surface area contributed by atoms with Crippen LogP contribution >= 0.6 is 11.3 Å². The minimum absolute atomic E-state index is 0.273. The molecule has 2 N–H and O–H groups in total. The first-order valence-corrected chi connectivity index (χ1v) is 9.44. The first kappa shape index (κ1) is 17.2. The zero-order valence-electron chi connectivity index (χ0n) is 15.1. The van der Waals surface area contributed by atoms with Crippen LogP contribution in [0.2, 0.25) is 0 Å². The number of para-hydroxylation sites is 1. The number of aryl methyl sites for hydroxylation is 1. The number of carbonyl (C=O) groups excluding carboxylic acids is 1. The summed E-state index contributed by atoms with van der Waals surface area (Å²) in [5.74, 6) is -0.273. The van der Waals surface area contributed by atoms with Gasteiger partial charge in [-0.2, -0.15) is 5.10 Å². The molecule has 27 heavy (non-hydrogen) atoms. The van der Waals surface area contributed by atoms with Crippen LogP contribution in [0, 0.1) is 13.8 Å². The number of nitrogens with zero attached hydrogens (tertiary/aromatic N) is 3. The predicted octanol–water partition coefficient (Wildman–Crippen LogP) is 4.54. The van der Waals surface area contributed by atoms with E-state index in [2.05, 4.69) is 51.6 Å². The van der Waals surface area contributed by atoms with Gasteiger partial charge in [-0.1, -0.05) is 24.3 Å². The van der Waals surface area contributed by atoms with E-state index < -0.39 is 0 Å². The van der Waals surface area contributed by atoms with Gasteiger partial charge in [0.2, 0.25) is 0 Å². The number of H-pyrrole nitrogens is 1. The average molecular weight is 377 g/mol. The number of anilines is 1. The molecule has 0 spiro atoms. The van der Waals surface area contributed by atoms with Crippen molar-refractivity contribution in [3.05, 3.63) is 65.4 Å². The highest BCUT2D eigenvalue weighted by atomic mass is 32.1. The lowest BCUT2D eigenvalue weighted by molar-refractivity contribution is 0.102. The van der Waals surface area contributed by atoms with Gasteiger partial charge in [0.25, 0.3) is 5.91 Å². The monoisotopic (exact) mass is 377 g/mol. The number of fused-ring (bicyclic) bond motifs is 1. The molecular weight excluding hydrogens is 358 g/mol. The number of hydrogen-bond acceptors (Lipinski definition) is 4. The molecule has 6 nitrogen and oxygen atoms in total. The molecule has 1 amide bonds. The van der Waals surface area contributed by atoms with Crippen molar-refractivity contribution in [1.29, 1.82) is 0 Å². The number of allylic oxidation sites excluding steroid dienone is 1. The molecule has 0 saturated heterocycles. The Morgan fingerprint density at radius 2 is 2.19 bits per heavy atom. The van der Waals surface area contributed by atoms with Crippen molar-refractivity contribution >= 4 is 33.3 Å². The third kappa shape index (κ3) is 3.06. The molecule has 4 rings (SSSR count). The minimum Gasteiger partial charge on any atom is -0.345 e. The Hall–Kier alpha value is -3.19. The zero-order valence-corrected chi connectivity index (χ0v) is 15.9. The fourth-order valence-corrected chi connectivity index (χ4v) is 3.92. The Morgan fingerprint density at radius 3 is 3.00 bits per heavy atom. The van der Waals surface area contributed by atoms with Gasteiger partial charge in [-0.25, -0.2) is 4.98 Å². The summed E-state index contributed by atoms with van der Waals surface area (Å²) in [4.78, 5) is 17.2. The van der Waals surface area contributed by atoms with Gasteiger partial charge in [0.15, 0.2) is 10.8 Å². The van der Waals surface area contributed by atoms with Crippen molar-refractivity contribution in [3.63, 3.8) is 0 Å². The Kier molecular flexibility index (Phi) is 4.37. The summed E-state index contributed by atoms with van der Waals surface area (Å²) in [6.07, 6.45) is 1.88. The molecule has 0 unspecified atom stereocenters. The van der Waals surface area contributed by atoms with Gasteiger partial charge in [-0.05, 0) is 26.0 Å². The molecule has 0 aliphatic rings. The number of aromatic amines is 1. The lowest BCUT2D eigenvalue weighted by atomic mass is 10.2. The van der Waals surface area contributed by atoms with Crippen LogP contribution in [0.3, 0.4) is 0 Å². The van der Waals surface area contributed by atoms with Crippen LogP contribution in [-0.2, 0) is 6.54 Å². The van der Waals surface area contributed by atoms with Crippen molar-refractivity contribution in [3.8, 4) is 11.3 Å². The number of benzene rings is 1. The SMILES string of the molecule is C=CCn1c(C)cc(-c2csc(NC(=O)c3n[nH]c4ccccc34)n2)c1C. The van der Waals surface area contributed by atoms with Gasteiger partial charge < -0.3 is 4.57 Å². The van der Waals surface area contributed by atoms with Crippen molar-refractivity contribution < 1.29 is 4.79 Å². The van der Waals surface area contributed by atoms with E-state index in [4.69, 9.17) is 0 Å². The first-order chi connectivity index (χ1) is 13.1. The summed E-state index contributed by atoms with van der Waals surface area (Å²) in [6, 6.07) is 9.66. The quantitative estimate of drug-likeness (QED) is 0.501. The fraction of sp³-hybridized carbons (Fsp3) is 0.150. The van der Waals surface area contributed by atoms with Gasteiger partial charge in [-0.3, -0.25) is 15.2 Å². The molecule has 0 bridgehead atoms. The predicted molar refractivity (Wildman–Crippen MR) is 109 cm³/mol. The number of aromatic nitrogens is 4. The highest BCUT2D eigenvalue weighted by Gasteiger charge is 2.17. The number of carbonyl (C=O) groups is 1. The lowest BCUT2D eigenvalue weighted by Gasteiger charge is -2.05. The van der Waals surface area contributed by atoms with Gasteiger partial charge in [0.05, 0.1) is 11.2 Å². The minimum atomic E-state index is -0.273. The molecule has 0 atom stereocenters. The summed E-state index contributed by atoms with van der Waals surface area (Å²) >= 11 is 1.40. The Morgan fingerprint density at radius 1 is 1.37 bits per heavy atom. The molecule has 0 saturated carbocycles. The second-order valence-electron chi connectivity index (χ2n) is 6.29. The van der Waals surface area contributed by atoms with Crippen LogP contribution in [-0.4, -0.2) is 25.7 Å². The summed E-state index contributed by atoms with van der Waals surface area (Å²) in [5.41, 5.74) is 5.41. The third-order valence-corrected chi connectivity index (χ3v) is 5.33. The molecule has 136 valence electrons. The van der Waals surface area contributed by atoms with Crippen LogP contribution in [0.4, 0.5) is 5.13 Å². The second kappa shape index (κ2) is 6.85. The van der Waals surface area contributed by atoms with Crippen LogP contribution in [0.15, 0.2) is 48.4 Å². The maximum absolute atomic E-state index is 12.6. The summed E-state index contributed by atoms with van der Waals surface area (Å²) in [6.45, 7) is 8.71. The van der Waals surface area contributed by atoms with E-state index in [0.29, 0.717) is 10.8 Å². The summed E-state index contributed by atoms with van der Waals surface area (Å²) < 4.78 is 2.19. The molecule has 0 fully saturated rings. The largest absolute Gasteiger partial charge is 0.345 e. The van der Waals surface area contributed by atoms with Crippen LogP contribution < -0.4 is 5.32 Å². The van der Waals surface area contributed by atoms with Gasteiger partial charge in [-0.15, -0.1) is 17.9 Å². The van der Waals surface area contributed by atoms with E-state index in [1.54, 1.807) is 0 Å². The van der Waals surface area contributed by atoms with E-state index in [-0.39, 0.29) is 5.91 Å². The molecule has 4 aromatic rings. The van der Waals surface area contributed by atoms with E-state index in [9.17, 15) is 4.79 Å². The maximum Gasteiger partial charge on any atom is 0.278 e. The van der Waals surface area contributed by atoms with Crippen molar-refractivity contribution in [2.24, 2.45) is 0 Å². The zero-order chi connectivity index (χ0) is 19.0. The normalized spacial score (nSPS) is 11.0.